The summed E-state index contributed by atoms with van der Waals surface area (Å²) in [5, 5.41) is 11.7. The van der Waals surface area contributed by atoms with Gasteiger partial charge in [0.1, 0.15) is 24.5 Å². The highest BCUT2D eigenvalue weighted by atomic mass is 35.5. The summed E-state index contributed by atoms with van der Waals surface area (Å²) in [5.74, 6) is -0.0515. The smallest absolute Gasteiger partial charge is 0.345 e. The number of rotatable bonds is 9. The van der Waals surface area contributed by atoms with Gasteiger partial charge in [0, 0.05) is 6.07 Å². The number of hydrogen-bond donors (Lipinski definition) is 0. The van der Waals surface area contributed by atoms with E-state index in [4.69, 9.17) is 30.5 Å². The first-order valence-corrected chi connectivity index (χ1v) is 8.39. The SMILES string of the molecule is CCOc1cc(C(=O)OCCOc2ccccc2Cl)c([N+](=O)[O-])cc1OC. The molecule has 0 bridgehead atoms. The molecule has 0 unspecified atom stereocenters. The molecule has 0 saturated carbocycles. The van der Waals surface area contributed by atoms with Crippen LogP contribution in [0.25, 0.3) is 0 Å². The molecule has 0 aliphatic carbocycles. The Kier molecular flexibility index (Phi) is 7.25. The molecule has 0 N–H and O–H groups in total. The van der Waals surface area contributed by atoms with Gasteiger partial charge in [-0.25, -0.2) is 4.79 Å². The molecule has 0 aliphatic rings. The van der Waals surface area contributed by atoms with Crippen molar-refractivity contribution < 1.29 is 28.7 Å². The zero-order valence-corrected chi connectivity index (χ0v) is 15.5. The minimum absolute atomic E-state index is 0.0394. The van der Waals surface area contributed by atoms with Gasteiger partial charge >= 0.3 is 5.97 Å². The van der Waals surface area contributed by atoms with Crippen molar-refractivity contribution in [3.05, 3.63) is 57.1 Å². The molecule has 2 aromatic rings. The third kappa shape index (κ3) is 5.24. The summed E-state index contributed by atoms with van der Waals surface area (Å²) in [5.41, 5.74) is -0.672. The van der Waals surface area contributed by atoms with Crippen molar-refractivity contribution in [3.63, 3.8) is 0 Å². The molecule has 8 nitrogen and oxygen atoms in total. The van der Waals surface area contributed by atoms with Crippen LogP contribution in [-0.2, 0) is 4.74 Å². The summed E-state index contributed by atoms with van der Waals surface area (Å²) in [4.78, 5) is 22.9. The summed E-state index contributed by atoms with van der Waals surface area (Å²) in [6.07, 6.45) is 0. The van der Waals surface area contributed by atoms with E-state index in [1.165, 1.54) is 13.2 Å². The van der Waals surface area contributed by atoms with E-state index in [-0.39, 0.29) is 30.3 Å². The normalized spacial score (nSPS) is 10.2. The number of ether oxygens (including phenoxy) is 4. The Bertz CT molecular complexity index is 825. The molecular formula is C18H18ClNO7. The number of benzene rings is 2. The highest BCUT2D eigenvalue weighted by Gasteiger charge is 2.25. The topological polar surface area (TPSA) is 97.1 Å². The van der Waals surface area contributed by atoms with Crippen LogP contribution in [0.5, 0.6) is 17.2 Å². The number of carbonyl (C=O) groups is 1. The van der Waals surface area contributed by atoms with E-state index in [1.807, 2.05) is 0 Å². The number of para-hydroxylation sites is 1. The lowest BCUT2D eigenvalue weighted by molar-refractivity contribution is -0.385. The van der Waals surface area contributed by atoms with Crippen molar-refractivity contribution in [1.82, 2.24) is 0 Å². The van der Waals surface area contributed by atoms with Gasteiger partial charge in [0.25, 0.3) is 5.69 Å². The van der Waals surface area contributed by atoms with E-state index in [2.05, 4.69) is 0 Å². The molecule has 0 radical (unpaired) electrons. The maximum absolute atomic E-state index is 12.3. The number of hydrogen-bond acceptors (Lipinski definition) is 7. The average molecular weight is 396 g/mol. The van der Waals surface area contributed by atoms with E-state index in [0.717, 1.165) is 6.07 Å². The first-order valence-electron chi connectivity index (χ1n) is 8.01. The Balaban J connectivity index is 2.08. The fraction of sp³-hybridized carbons (Fsp3) is 0.278. The molecule has 0 aromatic heterocycles. The molecule has 0 aliphatic heterocycles. The van der Waals surface area contributed by atoms with Crippen LogP contribution in [0.2, 0.25) is 5.02 Å². The quantitative estimate of drug-likeness (QED) is 0.275. The van der Waals surface area contributed by atoms with Crippen LogP contribution in [0.3, 0.4) is 0 Å². The van der Waals surface area contributed by atoms with E-state index in [1.54, 1.807) is 31.2 Å². The predicted molar refractivity (Wildman–Crippen MR) is 98.0 cm³/mol. The number of methoxy groups -OCH3 is 1. The second-order valence-corrected chi connectivity index (χ2v) is 5.53. The van der Waals surface area contributed by atoms with Gasteiger partial charge in [-0.1, -0.05) is 23.7 Å². The zero-order valence-electron chi connectivity index (χ0n) is 14.8. The number of carbonyl (C=O) groups excluding carboxylic acids is 1. The van der Waals surface area contributed by atoms with Gasteiger partial charge in [0.15, 0.2) is 11.5 Å². The fourth-order valence-corrected chi connectivity index (χ4v) is 2.41. The lowest BCUT2D eigenvalue weighted by Crippen LogP contribution is -2.14. The maximum atomic E-state index is 12.3. The van der Waals surface area contributed by atoms with E-state index in [0.29, 0.717) is 17.4 Å². The minimum Gasteiger partial charge on any atom is -0.493 e. The average Bonchev–Trinajstić information content (AvgIpc) is 2.66. The Morgan fingerprint density at radius 3 is 2.48 bits per heavy atom. The first-order chi connectivity index (χ1) is 13.0. The maximum Gasteiger partial charge on any atom is 0.345 e. The number of nitrogens with zero attached hydrogens (tertiary/aromatic N) is 1. The van der Waals surface area contributed by atoms with Crippen molar-refractivity contribution in [2.45, 2.75) is 6.92 Å². The fourth-order valence-electron chi connectivity index (χ4n) is 2.22. The summed E-state index contributed by atoms with van der Waals surface area (Å²) in [6, 6.07) is 9.21. The Labute approximate surface area is 160 Å². The van der Waals surface area contributed by atoms with Crippen molar-refractivity contribution in [2.24, 2.45) is 0 Å². The molecule has 2 aromatic carbocycles. The van der Waals surface area contributed by atoms with Crippen LogP contribution in [0.4, 0.5) is 5.69 Å². The Hall–Kier alpha value is -3.00. The second-order valence-electron chi connectivity index (χ2n) is 5.13. The van der Waals surface area contributed by atoms with Gasteiger partial charge in [-0.3, -0.25) is 10.1 Å². The summed E-state index contributed by atoms with van der Waals surface area (Å²) < 4.78 is 20.9. The van der Waals surface area contributed by atoms with Crippen molar-refractivity contribution >= 4 is 23.3 Å². The number of nitro benzene ring substituents is 1. The number of esters is 1. The van der Waals surface area contributed by atoms with Crippen LogP contribution in [0, 0.1) is 10.1 Å². The standard InChI is InChI=1S/C18H18ClNO7/c1-3-25-17-10-12(14(20(22)23)11-16(17)24-2)18(21)27-9-8-26-15-7-5-4-6-13(15)19/h4-7,10-11H,3,8-9H2,1-2H3. The van der Waals surface area contributed by atoms with Crippen molar-refractivity contribution in [2.75, 3.05) is 26.9 Å². The first kappa shape index (κ1) is 20.3. The molecule has 0 spiro atoms. The van der Waals surface area contributed by atoms with E-state index < -0.39 is 16.6 Å². The zero-order chi connectivity index (χ0) is 19.8. The van der Waals surface area contributed by atoms with Crippen LogP contribution < -0.4 is 14.2 Å². The number of halogens is 1. The van der Waals surface area contributed by atoms with Crippen LogP contribution in [0.15, 0.2) is 36.4 Å². The summed E-state index contributed by atoms with van der Waals surface area (Å²) in [6.45, 7) is 1.97. The molecule has 0 fully saturated rings. The highest BCUT2D eigenvalue weighted by Crippen LogP contribution is 2.35. The van der Waals surface area contributed by atoms with Gasteiger partial charge in [0.2, 0.25) is 0 Å². The van der Waals surface area contributed by atoms with Gasteiger partial charge in [-0.05, 0) is 19.1 Å². The lowest BCUT2D eigenvalue weighted by Gasteiger charge is -2.12. The van der Waals surface area contributed by atoms with Gasteiger partial charge in [-0.15, -0.1) is 0 Å². The third-order valence-corrected chi connectivity index (χ3v) is 3.72. The summed E-state index contributed by atoms with van der Waals surface area (Å²) in [7, 11) is 1.35. The van der Waals surface area contributed by atoms with Crippen LogP contribution in [-0.4, -0.2) is 37.8 Å². The molecule has 0 amide bonds. The molecule has 0 heterocycles. The predicted octanol–water partition coefficient (Wildman–Crippen LogP) is 3.89. The molecule has 144 valence electrons. The number of nitro groups is 1. The van der Waals surface area contributed by atoms with Crippen molar-refractivity contribution in [3.8, 4) is 17.2 Å². The molecule has 9 heteroatoms. The molecule has 0 atom stereocenters. The van der Waals surface area contributed by atoms with E-state index >= 15 is 0 Å². The largest absolute Gasteiger partial charge is 0.493 e. The Morgan fingerprint density at radius 2 is 1.85 bits per heavy atom. The van der Waals surface area contributed by atoms with Crippen LogP contribution in [0.1, 0.15) is 17.3 Å². The van der Waals surface area contributed by atoms with Crippen molar-refractivity contribution in [1.29, 1.82) is 0 Å². The van der Waals surface area contributed by atoms with Crippen LogP contribution >= 0.6 is 11.6 Å². The second kappa shape index (κ2) is 9.63. The monoisotopic (exact) mass is 395 g/mol. The van der Waals surface area contributed by atoms with Gasteiger partial charge in [0.05, 0.1) is 29.7 Å². The molecule has 2 rings (SSSR count). The highest BCUT2D eigenvalue weighted by molar-refractivity contribution is 6.32. The van der Waals surface area contributed by atoms with E-state index in [9.17, 15) is 14.9 Å². The summed E-state index contributed by atoms with van der Waals surface area (Å²) >= 11 is 5.96. The lowest BCUT2D eigenvalue weighted by atomic mass is 10.1. The molecular weight excluding hydrogens is 378 g/mol. The molecule has 27 heavy (non-hydrogen) atoms. The molecule has 0 saturated heterocycles. The van der Waals surface area contributed by atoms with Gasteiger partial charge < -0.3 is 18.9 Å². The van der Waals surface area contributed by atoms with Gasteiger partial charge in [-0.2, -0.15) is 0 Å². The Morgan fingerprint density at radius 1 is 1.11 bits per heavy atom. The third-order valence-electron chi connectivity index (χ3n) is 3.41. The minimum atomic E-state index is -0.868.